The first-order valence-corrected chi connectivity index (χ1v) is 7.98. The van der Waals surface area contributed by atoms with Crippen LogP contribution in [0.5, 0.6) is 0 Å². The zero-order valence-corrected chi connectivity index (χ0v) is 13.0. The molecule has 2 rings (SSSR count). The second-order valence-corrected chi connectivity index (χ2v) is 6.71. The molecule has 4 nitrogen and oxygen atoms in total. The van der Waals surface area contributed by atoms with E-state index in [1.165, 1.54) is 4.88 Å². The first kappa shape index (κ1) is 14.8. The predicted octanol–water partition coefficient (Wildman–Crippen LogP) is 2.50. The summed E-state index contributed by atoms with van der Waals surface area (Å²) in [7, 11) is 0. The van der Waals surface area contributed by atoms with Crippen molar-refractivity contribution in [2.75, 3.05) is 31.1 Å². The minimum absolute atomic E-state index is 0.300. The van der Waals surface area contributed by atoms with Gasteiger partial charge in [0.2, 0.25) is 0 Å². The average Bonchev–Trinajstić information content (AvgIpc) is 2.71. The Labute approximate surface area is 120 Å². The highest BCUT2D eigenvalue weighted by atomic mass is 32.1. The molecule has 1 aromatic heterocycles. The molecule has 1 aliphatic heterocycles. The minimum Gasteiger partial charge on any atom is -0.377 e. The van der Waals surface area contributed by atoms with Crippen molar-refractivity contribution in [3.05, 3.63) is 11.1 Å². The van der Waals surface area contributed by atoms with Crippen LogP contribution in [0.25, 0.3) is 0 Å². The fraction of sp³-hybridized carbons (Fsp3) is 0.786. The van der Waals surface area contributed by atoms with Crippen molar-refractivity contribution >= 4 is 16.5 Å². The molecule has 5 heteroatoms. The summed E-state index contributed by atoms with van der Waals surface area (Å²) in [5.41, 5.74) is 0. The van der Waals surface area contributed by atoms with Gasteiger partial charge in [-0.2, -0.15) is 0 Å². The third kappa shape index (κ3) is 4.75. The van der Waals surface area contributed by atoms with Crippen LogP contribution in [0.4, 0.5) is 5.13 Å². The molecule has 2 heterocycles. The third-order valence-corrected chi connectivity index (χ3v) is 4.17. The highest BCUT2D eigenvalue weighted by Crippen LogP contribution is 2.24. The topological polar surface area (TPSA) is 37.4 Å². The first-order valence-electron chi connectivity index (χ1n) is 7.17. The molecule has 1 fully saturated rings. The lowest BCUT2D eigenvalue weighted by atomic mass is 10.2. The van der Waals surface area contributed by atoms with E-state index in [4.69, 9.17) is 4.74 Å². The summed E-state index contributed by atoms with van der Waals surface area (Å²) < 4.78 is 5.68. The number of anilines is 1. The molecule has 1 atom stereocenters. The Bertz CT molecular complexity index is 381. The molecule has 1 saturated heterocycles. The van der Waals surface area contributed by atoms with Crippen LogP contribution in [0.2, 0.25) is 0 Å². The second kappa shape index (κ2) is 7.22. The van der Waals surface area contributed by atoms with Crippen molar-refractivity contribution in [3.63, 3.8) is 0 Å². The number of thiazole rings is 1. The Hall–Kier alpha value is -0.650. The van der Waals surface area contributed by atoms with Gasteiger partial charge in [-0.25, -0.2) is 4.98 Å². The highest BCUT2D eigenvalue weighted by Gasteiger charge is 2.17. The number of nitrogens with zero attached hydrogens (tertiary/aromatic N) is 2. The maximum atomic E-state index is 5.68. The van der Waals surface area contributed by atoms with Gasteiger partial charge in [-0.3, -0.25) is 0 Å². The summed E-state index contributed by atoms with van der Waals surface area (Å²) in [6.45, 7) is 11.4. The fourth-order valence-electron chi connectivity index (χ4n) is 2.18. The first-order chi connectivity index (χ1) is 9.15. The summed E-state index contributed by atoms with van der Waals surface area (Å²) in [5.74, 6) is 0.691. The predicted molar refractivity (Wildman–Crippen MR) is 80.9 cm³/mol. The normalized spacial score (nSPS) is 20.8. The van der Waals surface area contributed by atoms with Gasteiger partial charge in [-0.05, 0) is 25.8 Å². The van der Waals surface area contributed by atoms with Crippen LogP contribution >= 0.6 is 11.3 Å². The molecular formula is C14H25N3OS. The zero-order chi connectivity index (χ0) is 13.7. The maximum absolute atomic E-state index is 5.68. The van der Waals surface area contributed by atoms with Crippen molar-refractivity contribution in [1.29, 1.82) is 0 Å². The molecule has 1 N–H and O–H groups in total. The number of ether oxygens (including phenoxy) is 1. The Kier molecular flexibility index (Phi) is 5.60. The van der Waals surface area contributed by atoms with Crippen LogP contribution in [-0.2, 0) is 11.3 Å². The fourth-order valence-corrected chi connectivity index (χ4v) is 3.09. The largest absolute Gasteiger partial charge is 0.377 e. The molecule has 1 aliphatic rings. The zero-order valence-electron chi connectivity index (χ0n) is 12.2. The van der Waals surface area contributed by atoms with E-state index in [2.05, 4.69) is 36.0 Å². The van der Waals surface area contributed by atoms with E-state index in [1.54, 1.807) is 11.3 Å². The van der Waals surface area contributed by atoms with Gasteiger partial charge < -0.3 is 15.0 Å². The van der Waals surface area contributed by atoms with Crippen LogP contribution in [0.1, 0.15) is 32.1 Å². The highest BCUT2D eigenvalue weighted by molar-refractivity contribution is 7.15. The summed E-state index contributed by atoms with van der Waals surface area (Å²) in [6, 6.07) is 0. The molecular weight excluding hydrogens is 258 g/mol. The second-order valence-electron chi connectivity index (χ2n) is 5.61. The molecule has 108 valence electrons. The number of hydrogen-bond acceptors (Lipinski definition) is 5. The van der Waals surface area contributed by atoms with Crippen molar-refractivity contribution in [3.8, 4) is 0 Å². The van der Waals surface area contributed by atoms with Gasteiger partial charge >= 0.3 is 0 Å². The monoisotopic (exact) mass is 283 g/mol. The Balaban J connectivity index is 1.88. The third-order valence-electron chi connectivity index (χ3n) is 3.12. The summed E-state index contributed by atoms with van der Waals surface area (Å²) >= 11 is 1.80. The lowest BCUT2D eigenvalue weighted by Crippen LogP contribution is -2.29. The summed E-state index contributed by atoms with van der Waals surface area (Å²) in [6.07, 6.45) is 3.39. The molecule has 19 heavy (non-hydrogen) atoms. The molecule has 0 saturated carbocycles. The van der Waals surface area contributed by atoms with Crippen LogP contribution in [0.15, 0.2) is 6.20 Å². The lowest BCUT2D eigenvalue weighted by Gasteiger charge is -2.20. The Morgan fingerprint density at radius 2 is 2.42 bits per heavy atom. The van der Waals surface area contributed by atoms with E-state index in [-0.39, 0.29) is 0 Å². The molecule has 0 amide bonds. The molecule has 0 spiro atoms. The Morgan fingerprint density at radius 3 is 3.21 bits per heavy atom. The standard InChI is InChI=1S/C14H25N3OS/c1-11(2)7-15-8-13-9-16-14(19-13)17-5-4-6-18-12(3)10-17/h9,11-12,15H,4-8,10H2,1-3H3. The molecule has 0 radical (unpaired) electrons. The lowest BCUT2D eigenvalue weighted by molar-refractivity contribution is 0.0821. The number of aromatic nitrogens is 1. The van der Waals surface area contributed by atoms with Gasteiger partial charge in [0, 0.05) is 37.3 Å². The maximum Gasteiger partial charge on any atom is 0.185 e. The van der Waals surface area contributed by atoms with Crippen LogP contribution in [0, 0.1) is 5.92 Å². The van der Waals surface area contributed by atoms with E-state index in [1.807, 2.05) is 6.20 Å². The molecule has 0 aromatic carbocycles. The van der Waals surface area contributed by atoms with Crippen molar-refractivity contribution in [1.82, 2.24) is 10.3 Å². The van der Waals surface area contributed by atoms with E-state index in [9.17, 15) is 0 Å². The summed E-state index contributed by atoms with van der Waals surface area (Å²) in [5, 5.41) is 4.60. The number of rotatable bonds is 5. The summed E-state index contributed by atoms with van der Waals surface area (Å²) in [4.78, 5) is 8.23. The van der Waals surface area contributed by atoms with Gasteiger partial charge in [-0.15, -0.1) is 11.3 Å². The van der Waals surface area contributed by atoms with Crippen molar-refractivity contribution < 1.29 is 4.74 Å². The van der Waals surface area contributed by atoms with Gasteiger partial charge in [0.15, 0.2) is 5.13 Å². The van der Waals surface area contributed by atoms with E-state index in [0.29, 0.717) is 12.0 Å². The van der Waals surface area contributed by atoms with Gasteiger partial charge in [0.25, 0.3) is 0 Å². The van der Waals surface area contributed by atoms with E-state index < -0.39 is 0 Å². The quantitative estimate of drug-likeness (QED) is 0.901. The van der Waals surface area contributed by atoms with Crippen LogP contribution < -0.4 is 10.2 Å². The van der Waals surface area contributed by atoms with Crippen LogP contribution in [0.3, 0.4) is 0 Å². The Morgan fingerprint density at radius 1 is 1.58 bits per heavy atom. The number of hydrogen-bond donors (Lipinski definition) is 1. The van der Waals surface area contributed by atoms with Gasteiger partial charge in [0.05, 0.1) is 6.10 Å². The molecule has 1 unspecified atom stereocenters. The van der Waals surface area contributed by atoms with Crippen LogP contribution in [-0.4, -0.2) is 37.3 Å². The van der Waals surface area contributed by atoms with Crippen molar-refractivity contribution in [2.45, 2.75) is 39.8 Å². The van der Waals surface area contributed by atoms with Gasteiger partial charge in [0.1, 0.15) is 0 Å². The average molecular weight is 283 g/mol. The SMILES string of the molecule is CC(C)CNCc1cnc(N2CCCOC(C)C2)s1. The number of nitrogens with one attached hydrogen (secondary N) is 1. The minimum atomic E-state index is 0.300. The smallest absolute Gasteiger partial charge is 0.185 e. The van der Waals surface area contributed by atoms with E-state index in [0.717, 1.165) is 44.3 Å². The van der Waals surface area contributed by atoms with Gasteiger partial charge in [-0.1, -0.05) is 13.8 Å². The molecule has 0 bridgehead atoms. The van der Waals surface area contributed by atoms with Crippen molar-refractivity contribution in [2.24, 2.45) is 5.92 Å². The molecule has 1 aromatic rings. The van der Waals surface area contributed by atoms with E-state index >= 15 is 0 Å². The molecule has 0 aliphatic carbocycles.